The van der Waals surface area contributed by atoms with Gasteiger partial charge in [0.1, 0.15) is 0 Å². The molecule has 1 aromatic rings. The lowest BCUT2D eigenvalue weighted by Gasteiger charge is -2.12. The molecule has 1 aromatic heterocycles. The molecule has 0 atom stereocenters. The Bertz CT molecular complexity index is 289. The molecule has 1 saturated heterocycles. The van der Waals surface area contributed by atoms with Crippen molar-refractivity contribution in [2.24, 2.45) is 7.05 Å². The number of aromatic nitrogens is 2. The molecule has 1 aliphatic rings. The van der Waals surface area contributed by atoms with E-state index in [1.54, 1.807) is 0 Å². The van der Waals surface area contributed by atoms with Crippen LogP contribution in [-0.2, 0) is 13.6 Å². The van der Waals surface area contributed by atoms with E-state index in [2.05, 4.69) is 25.9 Å². The molecule has 1 fully saturated rings. The molecule has 0 N–H and O–H groups in total. The van der Waals surface area contributed by atoms with Gasteiger partial charge in [-0.25, -0.2) is 0 Å². The minimum Gasteiger partial charge on any atom is -0.297 e. The van der Waals surface area contributed by atoms with Crippen molar-refractivity contribution in [2.45, 2.75) is 19.4 Å². The average Bonchev–Trinajstić information content (AvgIpc) is 2.63. The highest BCUT2D eigenvalue weighted by Crippen LogP contribution is 2.18. The van der Waals surface area contributed by atoms with Crippen LogP contribution < -0.4 is 0 Å². The third kappa shape index (κ3) is 2.11. The average molecular weight is 244 g/mol. The number of likely N-dealkylation sites (tertiary alicyclic amines) is 1. The van der Waals surface area contributed by atoms with Crippen molar-refractivity contribution in [1.82, 2.24) is 14.7 Å². The van der Waals surface area contributed by atoms with Gasteiger partial charge in [-0.15, -0.1) is 0 Å². The van der Waals surface area contributed by atoms with Gasteiger partial charge in [-0.05, 0) is 41.9 Å². The van der Waals surface area contributed by atoms with E-state index in [0.29, 0.717) is 0 Å². The number of nitrogens with zero attached hydrogens (tertiary/aromatic N) is 3. The fraction of sp³-hybridized carbons (Fsp3) is 0.667. The van der Waals surface area contributed by atoms with Crippen molar-refractivity contribution in [3.8, 4) is 0 Å². The molecule has 0 unspecified atom stereocenters. The van der Waals surface area contributed by atoms with E-state index < -0.39 is 0 Å². The van der Waals surface area contributed by atoms with Gasteiger partial charge in [0, 0.05) is 19.8 Å². The maximum atomic E-state index is 4.40. The normalized spacial score (nSPS) is 18.3. The molecule has 4 heteroatoms. The Labute approximate surface area is 86.8 Å². The Kier molecular flexibility index (Phi) is 2.69. The monoisotopic (exact) mass is 243 g/mol. The highest BCUT2D eigenvalue weighted by atomic mass is 79.9. The van der Waals surface area contributed by atoms with Gasteiger partial charge in [-0.3, -0.25) is 9.58 Å². The first kappa shape index (κ1) is 9.21. The van der Waals surface area contributed by atoms with Crippen molar-refractivity contribution < 1.29 is 0 Å². The summed E-state index contributed by atoms with van der Waals surface area (Å²) in [7, 11) is 1.96. The van der Waals surface area contributed by atoms with Gasteiger partial charge >= 0.3 is 0 Å². The summed E-state index contributed by atoms with van der Waals surface area (Å²) in [6.45, 7) is 3.44. The van der Waals surface area contributed by atoms with Crippen LogP contribution in [0.1, 0.15) is 18.5 Å². The van der Waals surface area contributed by atoms with E-state index in [0.717, 1.165) is 16.7 Å². The predicted molar refractivity (Wildman–Crippen MR) is 55.4 cm³/mol. The summed E-state index contributed by atoms with van der Waals surface area (Å²) in [5, 5.41) is 4.40. The summed E-state index contributed by atoms with van der Waals surface area (Å²) in [6.07, 6.45) is 4.68. The lowest BCUT2D eigenvalue weighted by atomic mass is 10.4. The van der Waals surface area contributed by atoms with Crippen molar-refractivity contribution in [2.75, 3.05) is 13.1 Å². The summed E-state index contributed by atoms with van der Waals surface area (Å²) in [6, 6.07) is 0. The van der Waals surface area contributed by atoms with Crippen LogP contribution in [-0.4, -0.2) is 27.8 Å². The van der Waals surface area contributed by atoms with Crippen molar-refractivity contribution in [1.29, 1.82) is 0 Å². The zero-order valence-electron chi connectivity index (χ0n) is 7.83. The molecule has 0 aromatic carbocycles. The van der Waals surface area contributed by atoms with Crippen LogP contribution in [0.4, 0.5) is 0 Å². The summed E-state index contributed by atoms with van der Waals surface area (Å²) < 4.78 is 2.98. The minimum atomic E-state index is 0.988. The molecule has 72 valence electrons. The smallest absolute Gasteiger partial charge is 0.0906 e. The van der Waals surface area contributed by atoms with Crippen molar-refractivity contribution in [3.05, 3.63) is 16.4 Å². The molecule has 0 aliphatic carbocycles. The molecule has 13 heavy (non-hydrogen) atoms. The maximum Gasteiger partial charge on any atom is 0.0906 e. The molecule has 0 spiro atoms. The molecule has 0 amide bonds. The maximum absolute atomic E-state index is 4.40. The fourth-order valence-electron chi connectivity index (χ4n) is 1.77. The predicted octanol–water partition coefficient (Wildman–Crippen LogP) is 1.78. The molecule has 1 aliphatic heterocycles. The van der Waals surface area contributed by atoms with Crippen LogP contribution >= 0.6 is 15.9 Å². The van der Waals surface area contributed by atoms with E-state index in [9.17, 15) is 0 Å². The molecular weight excluding hydrogens is 230 g/mol. The van der Waals surface area contributed by atoms with Gasteiger partial charge < -0.3 is 0 Å². The van der Waals surface area contributed by atoms with Crippen LogP contribution in [0, 0.1) is 0 Å². The van der Waals surface area contributed by atoms with Crippen molar-refractivity contribution >= 4 is 15.9 Å². The first-order valence-corrected chi connectivity index (χ1v) is 5.45. The van der Waals surface area contributed by atoms with E-state index in [-0.39, 0.29) is 0 Å². The third-order valence-corrected chi connectivity index (χ3v) is 3.09. The Morgan fingerprint density at radius 2 is 2.15 bits per heavy atom. The first-order valence-electron chi connectivity index (χ1n) is 4.66. The Hall–Kier alpha value is -0.350. The number of rotatable bonds is 2. The van der Waals surface area contributed by atoms with Gasteiger partial charge in [0.2, 0.25) is 0 Å². The number of hydrogen-bond donors (Lipinski definition) is 0. The highest BCUT2D eigenvalue weighted by Gasteiger charge is 2.14. The Morgan fingerprint density at radius 3 is 2.69 bits per heavy atom. The quantitative estimate of drug-likeness (QED) is 0.790. The molecule has 0 saturated carbocycles. The summed E-state index contributed by atoms with van der Waals surface area (Å²) in [4.78, 5) is 2.45. The molecular formula is C9H14BrN3. The van der Waals surface area contributed by atoms with Gasteiger partial charge in [0.15, 0.2) is 0 Å². The summed E-state index contributed by atoms with van der Waals surface area (Å²) >= 11 is 3.51. The SMILES string of the molecule is Cn1cc(Br)c(CN2CCCC2)n1. The first-order chi connectivity index (χ1) is 6.25. The van der Waals surface area contributed by atoms with E-state index in [1.807, 2.05) is 17.9 Å². The number of hydrogen-bond acceptors (Lipinski definition) is 2. The second kappa shape index (κ2) is 3.80. The fourth-order valence-corrected chi connectivity index (χ4v) is 2.27. The van der Waals surface area contributed by atoms with Gasteiger partial charge in [-0.2, -0.15) is 5.10 Å². The number of halogens is 1. The van der Waals surface area contributed by atoms with Crippen LogP contribution in [0.5, 0.6) is 0 Å². The zero-order valence-corrected chi connectivity index (χ0v) is 9.42. The van der Waals surface area contributed by atoms with E-state index >= 15 is 0 Å². The Balaban J connectivity index is 2.03. The minimum absolute atomic E-state index is 0.988. The molecule has 2 rings (SSSR count). The second-order valence-electron chi connectivity index (χ2n) is 3.58. The van der Waals surface area contributed by atoms with Gasteiger partial charge in [0.05, 0.1) is 10.2 Å². The van der Waals surface area contributed by atoms with Crippen LogP contribution in [0.2, 0.25) is 0 Å². The van der Waals surface area contributed by atoms with Crippen molar-refractivity contribution in [3.63, 3.8) is 0 Å². The molecule has 0 bridgehead atoms. The largest absolute Gasteiger partial charge is 0.297 e. The Morgan fingerprint density at radius 1 is 1.46 bits per heavy atom. The molecule has 2 heterocycles. The van der Waals surface area contributed by atoms with Crippen LogP contribution in [0.3, 0.4) is 0 Å². The lowest BCUT2D eigenvalue weighted by Crippen LogP contribution is -2.19. The van der Waals surface area contributed by atoms with E-state index in [4.69, 9.17) is 0 Å². The summed E-state index contributed by atoms with van der Waals surface area (Å²) in [5.41, 5.74) is 1.16. The third-order valence-electron chi connectivity index (χ3n) is 2.43. The molecule has 0 radical (unpaired) electrons. The van der Waals surface area contributed by atoms with Gasteiger partial charge in [0.25, 0.3) is 0 Å². The zero-order chi connectivity index (χ0) is 9.26. The van der Waals surface area contributed by atoms with Gasteiger partial charge in [-0.1, -0.05) is 0 Å². The highest BCUT2D eigenvalue weighted by molar-refractivity contribution is 9.10. The number of aryl methyl sites for hydroxylation is 1. The summed E-state index contributed by atoms with van der Waals surface area (Å²) in [5.74, 6) is 0. The standard InChI is InChI=1S/C9H14BrN3/c1-12-6-8(10)9(11-12)7-13-4-2-3-5-13/h6H,2-5,7H2,1H3. The van der Waals surface area contributed by atoms with Crippen LogP contribution in [0.15, 0.2) is 10.7 Å². The van der Waals surface area contributed by atoms with Crippen LogP contribution in [0.25, 0.3) is 0 Å². The van der Waals surface area contributed by atoms with E-state index in [1.165, 1.54) is 25.9 Å². The second-order valence-corrected chi connectivity index (χ2v) is 4.43. The lowest BCUT2D eigenvalue weighted by molar-refractivity contribution is 0.325. The molecule has 3 nitrogen and oxygen atoms in total. The topological polar surface area (TPSA) is 21.1 Å².